The van der Waals surface area contributed by atoms with E-state index < -0.39 is 5.56 Å². The minimum absolute atomic E-state index is 0.00704. The second kappa shape index (κ2) is 6.58. The Balaban J connectivity index is 2.89. The third-order valence-corrected chi connectivity index (χ3v) is 2.63. The number of halogens is 1. The molecule has 0 spiro atoms. The number of hydrogen-bond donors (Lipinski definition) is 3. The van der Waals surface area contributed by atoms with Crippen LogP contribution in [-0.2, 0) is 6.54 Å². The van der Waals surface area contributed by atoms with Gasteiger partial charge in [0.05, 0.1) is 25.0 Å². The number of aromatic nitrogens is 2. The van der Waals surface area contributed by atoms with Crippen molar-refractivity contribution in [3.8, 4) is 0 Å². The summed E-state index contributed by atoms with van der Waals surface area (Å²) < 4.78 is 1.10. The van der Waals surface area contributed by atoms with E-state index in [4.69, 9.17) is 21.8 Å². The summed E-state index contributed by atoms with van der Waals surface area (Å²) in [7, 11) is 0. The molecule has 0 radical (unpaired) electrons. The lowest BCUT2D eigenvalue weighted by molar-refractivity contribution is 0.266. The first kappa shape index (κ1) is 14.0. The number of nitrogens with zero attached hydrogens (tertiary/aromatic N) is 2. The normalized spacial score (nSPS) is 12.5. The average Bonchev–Trinajstić information content (AvgIpc) is 2.29. The van der Waals surface area contributed by atoms with Crippen LogP contribution in [0.5, 0.6) is 0 Å². The lowest BCUT2D eigenvalue weighted by atomic mass is 10.2. The van der Waals surface area contributed by atoms with Crippen LogP contribution in [0.25, 0.3) is 0 Å². The summed E-state index contributed by atoms with van der Waals surface area (Å²) in [4.78, 5) is 11.7. The molecule has 7 heteroatoms. The fraction of sp³-hybridized carbons (Fsp3) is 0.600. The highest BCUT2D eigenvalue weighted by Gasteiger charge is 2.10. The van der Waals surface area contributed by atoms with Gasteiger partial charge in [-0.25, -0.2) is 4.68 Å². The highest BCUT2D eigenvalue weighted by atomic mass is 35.5. The van der Waals surface area contributed by atoms with E-state index in [1.54, 1.807) is 0 Å². The lowest BCUT2D eigenvalue weighted by Crippen LogP contribution is -2.27. The van der Waals surface area contributed by atoms with Crippen LogP contribution in [0.15, 0.2) is 11.0 Å². The Labute approximate surface area is 104 Å². The Morgan fingerprint density at radius 3 is 2.82 bits per heavy atom. The second-order valence-corrected chi connectivity index (χ2v) is 4.06. The molecule has 1 aromatic heterocycles. The zero-order chi connectivity index (χ0) is 12.8. The molecule has 0 saturated heterocycles. The molecule has 0 fully saturated rings. The molecule has 0 bridgehead atoms. The zero-order valence-corrected chi connectivity index (χ0v) is 10.3. The quantitative estimate of drug-likeness (QED) is 0.675. The molecule has 6 nitrogen and oxygen atoms in total. The molecule has 1 aromatic rings. The standard InChI is InChI=1S/C10H16ClN3O3/c1-7(2-4-15)13-8-6-12-14(3-5-16)10(17)9(8)11/h6-7,13,15-16H,2-5H2,1H3. The zero-order valence-electron chi connectivity index (χ0n) is 9.56. The van der Waals surface area contributed by atoms with E-state index in [9.17, 15) is 4.79 Å². The molecule has 0 aliphatic carbocycles. The van der Waals surface area contributed by atoms with E-state index in [-0.39, 0.29) is 30.8 Å². The number of aliphatic hydroxyl groups excluding tert-OH is 2. The van der Waals surface area contributed by atoms with Crippen molar-refractivity contribution < 1.29 is 10.2 Å². The monoisotopic (exact) mass is 261 g/mol. The maximum atomic E-state index is 11.7. The van der Waals surface area contributed by atoms with Gasteiger partial charge in [0.1, 0.15) is 5.02 Å². The van der Waals surface area contributed by atoms with Gasteiger partial charge < -0.3 is 15.5 Å². The molecule has 0 aliphatic rings. The Morgan fingerprint density at radius 2 is 2.24 bits per heavy atom. The molecule has 1 heterocycles. The van der Waals surface area contributed by atoms with Crippen LogP contribution in [0.1, 0.15) is 13.3 Å². The van der Waals surface area contributed by atoms with Crippen LogP contribution in [0, 0.1) is 0 Å². The summed E-state index contributed by atoms with van der Waals surface area (Å²) in [5.41, 5.74) is -0.00581. The van der Waals surface area contributed by atoms with Gasteiger partial charge in [-0.2, -0.15) is 5.10 Å². The summed E-state index contributed by atoms with van der Waals surface area (Å²) in [6.07, 6.45) is 1.99. The minimum atomic E-state index is -0.443. The summed E-state index contributed by atoms with van der Waals surface area (Å²) in [6, 6.07) is -0.00704. The van der Waals surface area contributed by atoms with Gasteiger partial charge in [-0.15, -0.1) is 0 Å². The Kier molecular flexibility index (Phi) is 5.40. The Morgan fingerprint density at radius 1 is 1.53 bits per heavy atom. The molecule has 3 N–H and O–H groups in total. The fourth-order valence-electron chi connectivity index (χ4n) is 1.35. The topological polar surface area (TPSA) is 87.4 Å². The maximum Gasteiger partial charge on any atom is 0.287 e. The smallest absolute Gasteiger partial charge is 0.287 e. The molecule has 0 saturated carbocycles. The van der Waals surface area contributed by atoms with Crippen molar-refractivity contribution in [2.45, 2.75) is 25.9 Å². The predicted molar refractivity (Wildman–Crippen MR) is 65.4 cm³/mol. The van der Waals surface area contributed by atoms with Crippen molar-refractivity contribution in [1.82, 2.24) is 9.78 Å². The van der Waals surface area contributed by atoms with Crippen molar-refractivity contribution >= 4 is 17.3 Å². The van der Waals surface area contributed by atoms with Crippen molar-refractivity contribution in [3.05, 3.63) is 21.6 Å². The van der Waals surface area contributed by atoms with Crippen LogP contribution >= 0.6 is 11.6 Å². The number of hydrogen-bond acceptors (Lipinski definition) is 5. The van der Waals surface area contributed by atoms with Gasteiger partial charge in [-0.05, 0) is 13.3 Å². The maximum absolute atomic E-state index is 11.7. The highest BCUT2D eigenvalue weighted by Crippen LogP contribution is 2.16. The Bertz CT molecular complexity index is 422. The van der Waals surface area contributed by atoms with Crippen LogP contribution in [0.3, 0.4) is 0 Å². The van der Waals surface area contributed by atoms with Gasteiger partial charge in [0.15, 0.2) is 0 Å². The minimum Gasteiger partial charge on any atom is -0.396 e. The first-order valence-electron chi connectivity index (χ1n) is 5.34. The van der Waals surface area contributed by atoms with Gasteiger partial charge >= 0.3 is 0 Å². The molecule has 0 aromatic carbocycles. The first-order valence-corrected chi connectivity index (χ1v) is 5.71. The molecular formula is C10H16ClN3O3. The molecule has 17 heavy (non-hydrogen) atoms. The van der Waals surface area contributed by atoms with Gasteiger partial charge in [0.25, 0.3) is 5.56 Å². The van der Waals surface area contributed by atoms with Crippen LogP contribution in [-0.4, -0.2) is 39.2 Å². The third kappa shape index (κ3) is 3.69. The van der Waals surface area contributed by atoms with E-state index in [1.165, 1.54) is 6.20 Å². The molecule has 0 aliphatic heterocycles. The van der Waals surface area contributed by atoms with E-state index in [0.717, 1.165) is 4.68 Å². The van der Waals surface area contributed by atoms with Crippen molar-refractivity contribution in [2.24, 2.45) is 0 Å². The predicted octanol–water partition coefficient (Wildman–Crippen LogP) is 0.0718. The highest BCUT2D eigenvalue weighted by molar-refractivity contribution is 6.32. The van der Waals surface area contributed by atoms with Gasteiger partial charge in [0, 0.05) is 12.6 Å². The summed E-state index contributed by atoms with van der Waals surface area (Å²) in [6.45, 7) is 1.87. The van der Waals surface area contributed by atoms with Gasteiger partial charge in [-0.3, -0.25) is 4.79 Å². The second-order valence-electron chi connectivity index (χ2n) is 3.68. The number of nitrogens with one attached hydrogen (secondary N) is 1. The van der Waals surface area contributed by atoms with E-state index in [1.807, 2.05) is 6.92 Å². The summed E-state index contributed by atoms with van der Waals surface area (Å²) in [5.74, 6) is 0. The molecule has 1 rings (SSSR count). The number of anilines is 1. The van der Waals surface area contributed by atoms with Crippen molar-refractivity contribution in [2.75, 3.05) is 18.5 Å². The third-order valence-electron chi connectivity index (χ3n) is 2.26. The van der Waals surface area contributed by atoms with Crippen molar-refractivity contribution in [1.29, 1.82) is 0 Å². The van der Waals surface area contributed by atoms with Gasteiger partial charge in [0.2, 0.25) is 0 Å². The van der Waals surface area contributed by atoms with Crippen molar-refractivity contribution in [3.63, 3.8) is 0 Å². The molecular weight excluding hydrogens is 246 g/mol. The van der Waals surface area contributed by atoms with E-state index in [2.05, 4.69) is 10.4 Å². The average molecular weight is 262 g/mol. The largest absolute Gasteiger partial charge is 0.396 e. The van der Waals surface area contributed by atoms with E-state index >= 15 is 0 Å². The molecule has 1 atom stereocenters. The van der Waals surface area contributed by atoms with Gasteiger partial charge in [-0.1, -0.05) is 11.6 Å². The molecule has 96 valence electrons. The fourth-order valence-corrected chi connectivity index (χ4v) is 1.55. The summed E-state index contributed by atoms with van der Waals surface area (Å²) >= 11 is 5.90. The SMILES string of the molecule is CC(CCO)Nc1cnn(CCO)c(=O)c1Cl. The van der Waals surface area contributed by atoms with E-state index in [0.29, 0.717) is 12.1 Å². The molecule has 0 amide bonds. The lowest BCUT2D eigenvalue weighted by Gasteiger charge is -2.15. The van der Waals surface area contributed by atoms with Crippen LogP contribution in [0.2, 0.25) is 5.02 Å². The van der Waals surface area contributed by atoms with Crippen LogP contribution < -0.4 is 10.9 Å². The Hall–Kier alpha value is -1.11. The molecule has 1 unspecified atom stereocenters. The number of aliphatic hydroxyl groups is 2. The summed E-state index contributed by atoms with van der Waals surface area (Å²) in [5, 5.41) is 24.4. The van der Waals surface area contributed by atoms with Crippen LogP contribution in [0.4, 0.5) is 5.69 Å². The number of rotatable bonds is 6. The first-order chi connectivity index (χ1) is 8.10.